The van der Waals surface area contributed by atoms with Gasteiger partial charge in [-0.3, -0.25) is 4.79 Å². The number of ether oxygens (including phenoxy) is 1. The molecule has 0 fully saturated rings. The van der Waals surface area contributed by atoms with Crippen LogP contribution in [-0.2, 0) is 0 Å². The Balaban J connectivity index is 2.03. The smallest absolute Gasteiger partial charge is 0.253 e. The Morgan fingerprint density at radius 3 is 1.58 bits per heavy atom. The highest BCUT2D eigenvalue weighted by molar-refractivity contribution is 5.94. The van der Waals surface area contributed by atoms with Gasteiger partial charge in [0.05, 0.1) is 6.61 Å². The average molecular weight is 506 g/mol. The molecule has 0 heterocycles. The van der Waals surface area contributed by atoms with Gasteiger partial charge in [-0.05, 0) is 49.4 Å². The van der Waals surface area contributed by atoms with Gasteiger partial charge in [0.1, 0.15) is 5.75 Å². The first kappa shape index (κ1) is 32.4. The predicted octanol–water partition coefficient (Wildman–Crippen LogP) is 7.39. The molecule has 5 nitrogen and oxygen atoms in total. The molecule has 0 unspecified atom stereocenters. The number of hydrogen-bond acceptors (Lipinski definition) is 4. The molecule has 0 spiro atoms. The topological polar surface area (TPSA) is 70.0 Å². The number of carbonyl (C=O) groups excluding carboxylic acids is 1. The molecular formula is C31H55NO4. The SMILES string of the molecule is CC(C)CCCCCCCCCCCCCCCOc1ccc(C(=O)N(CCCO)CCCO)cc1. The van der Waals surface area contributed by atoms with E-state index < -0.39 is 0 Å². The first-order chi connectivity index (χ1) is 17.6. The zero-order valence-corrected chi connectivity index (χ0v) is 23.4. The van der Waals surface area contributed by atoms with Crippen LogP contribution in [0.25, 0.3) is 0 Å². The van der Waals surface area contributed by atoms with Gasteiger partial charge in [-0.25, -0.2) is 0 Å². The summed E-state index contributed by atoms with van der Waals surface area (Å²) >= 11 is 0. The van der Waals surface area contributed by atoms with Crippen LogP contribution in [0.3, 0.4) is 0 Å². The number of aliphatic hydroxyl groups is 2. The lowest BCUT2D eigenvalue weighted by atomic mass is 10.0. The predicted molar refractivity (Wildman–Crippen MR) is 151 cm³/mol. The largest absolute Gasteiger partial charge is 0.494 e. The molecule has 1 aromatic rings. The Bertz CT molecular complexity index is 624. The number of rotatable bonds is 24. The van der Waals surface area contributed by atoms with E-state index in [9.17, 15) is 4.79 Å². The molecule has 0 aliphatic heterocycles. The highest BCUT2D eigenvalue weighted by atomic mass is 16.5. The summed E-state index contributed by atoms with van der Waals surface area (Å²) in [6, 6.07) is 7.31. The Morgan fingerprint density at radius 2 is 1.14 bits per heavy atom. The van der Waals surface area contributed by atoms with Gasteiger partial charge in [-0.2, -0.15) is 0 Å². The molecular weight excluding hydrogens is 450 g/mol. The summed E-state index contributed by atoms with van der Waals surface area (Å²) in [5.41, 5.74) is 0.611. The van der Waals surface area contributed by atoms with E-state index in [0.717, 1.165) is 18.1 Å². The van der Waals surface area contributed by atoms with Crippen LogP contribution in [0.2, 0.25) is 0 Å². The van der Waals surface area contributed by atoms with E-state index in [4.69, 9.17) is 14.9 Å². The van der Waals surface area contributed by atoms with Crippen molar-refractivity contribution < 1.29 is 19.7 Å². The molecule has 0 aliphatic rings. The second-order valence-corrected chi connectivity index (χ2v) is 10.6. The average Bonchev–Trinajstić information content (AvgIpc) is 2.88. The van der Waals surface area contributed by atoms with Crippen molar-refractivity contribution in [2.24, 2.45) is 5.92 Å². The number of unbranched alkanes of at least 4 members (excludes halogenated alkanes) is 12. The van der Waals surface area contributed by atoms with Gasteiger partial charge in [0, 0.05) is 31.9 Å². The molecule has 5 heteroatoms. The van der Waals surface area contributed by atoms with E-state index in [2.05, 4.69) is 13.8 Å². The number of aliphatic hydroxyl groups excluding tert-OH is 2. The van der Waals surface area contributed by atoms with Crippen molar-refractivity contribution in [1.29, 1.82) is 0 Å². The lowest BCUT2D eigenvalue weighted by molar-refractivity contribution is 0.0734. The summed E-state index contributed by atoms with van der Waals surface area (Å²) in [5, 5.41) is 18.1. The summed E-state index contributed by atoms with van der Waals surface area (Å²) in [6.45, 7) is 6.43. The third-order valence-corrected chi connectivity index (χ3v) is 6.76. The van der Waals surface area contributed by atoms with Crippen molar-refractivity contribution >= 4 is 5.91 Å². The lowest BCUT2D eigenvalue weighted by Crippen LogP contribution is -2.33. The van der Waals surface area contributed by atoms with Crippen molar-refractivity contribution in [2.75, 3.05) is 32.9 Å². The van der Waals surface area contributed by atoms with Gasteiger partial charge >= 0.3 is 0 Å². The number of amides is 1. The number of carbonyl (C=O) groups is 1. The quantitative estimate of drug-likeness (QED) is 0.144. The first-order valence-electron chi connectivity index (χ1n) is 14.8. The monoisotopic (exact) mass is 505 g/mol. The van der Waals surface area contributed by atoms with Crippen LogP contribution >= 0.6 is 0 Å². The van der Waals surface area contributed by atoms with Crippen molar-refractivity contribution in [3.8, 4) is 5.75 Å². The van der Waals surface area contributed by atoms with Crippen LogP contribution in [0.5, 0.6) is 5.75 Å². The van der Waals surface area contributed by atoms with Crippen molar-refractivity contribution in [1.82, 2.24) is 4.90 Å². The molecule has 208 valence electrons. The van der Waals surface area contributed by atoms with E-state index in [0.29, 0.717) is 38.1 Å². The van der Waals surface area contributed by atoms with E-state index >= 15 is 0 Å². The highest BCUT2D eigenvalue weighted by Gasteiger charge is 2.15. The van der Waals surface area contributed by atoms with Gasteiger partial charge in [0.2, 0.25) is 0 Å². The molecule has 36 heavy (non-hydrogen) atoms. The summed E-state index contributed by atoms with van der Waals surface area (Å²) in [5.74, 6) is 1.59. The van der Waals surface area contributed by atoms with Crippen molar-refractivity contribution in [2.45, 2.75) is 117 Å². The molecule has 1 rings (SSSR count). The normalized spacial score (nSPS) is 11.2. The second kappa shape index (κ2) is 22.6. The van der Waals surface area contributed by atoms with E-state index in [1.165, 1.54) is 83.5 Å². The minimum atomic E-state index is -0.0689. The molecule has 1 amide bonds. The van der Waals surface area contributed by atoms with Gasteiger partial charge in [0.15, 0.2) is 0 Å². The molecule has 0 radical (unpaired) electrons. The third kappa shape index (κ3) is 17.0. The van der Waals surface area contributed by atoms with Crippen molar-refractivity contribution in [3.63, 3.8) is 0 Å². The van der Waals surface area contributed by atoms with Crippen LogP contribution in [0, 0.1) is 5.92 Å². The maximum Gasteiger partial charge on any atom is 0.253 e. The van der Waals surface area contributed by atoms with Gasteiger partial charge in [-0.1, -0.05) is 97.3 Å². The summed E-state index contributed by atoms with van der Waals surface area (Å²) < 4.78 is 5.86. The fraction of sp³-hybridized carbons (Fsp3) is 0.774. The molecule has 0 bridgehead atoms. The summed E-state index contributed by atoms with van der Waals surface area (Å²) in [4.78, 5) is 14.4. The lowest BCUT2D eigenvalue weighted by Gasteiger charge is -2.22. The standard InChI is InChI=1S/C31H55NO4/c1-28(2)18-14-12-10-8-6-4-3-5-7-9-11-13-15-27-36-30-21-19-29(20-22-30)31(35)32(23-16-25-33)24-17-26-34/h19-22,28,33-34H,3-18,23-27H2,1-2H3. The van der Waals surface area contributed by atoms with Crippen molar-refractivity contribution in [3.05, 3.63) is 29.8 Å². The van der Waals surface area contributed by atoms with E-state index in [1.54, 1.807) is 17.0 Å². The molecule has 0 saturated heterocycles. The van der Waals surface area contributed by atoms with Crippen LogP contribution in [0.4, 0.5) is 0 Å². The van der Waals surface area contributed by atoms with Crippen LogP contribution in [-0.4, -0.2) is 53.9 Å². The van der Waals surface area contributed by atoms with Crippen LogP contribution < -0.4 is 4.74 Å². The van der Waals surface area contributed by atoms with E-state index in [-0.39, 0.29) is 19.1 Å². The first-order valence-corrected chi connectivity index (χ1v) is 14.8. The van der Waals surface area contributed by atoms with Gasteiger partial charge < -0.3 is 19.8 Å². The molecule has 1 aromatic carbocycles. The maximum atomic E-state index is 12.7. The molecule has 0 atom stereocenters. The number of hydrogen-bond donors (Lipinski definition) is 2. The summed E-state index contributed by atoms with van der Waals surface area (Å²) in [6.07, 6.45) is 20.0. The fourth-order valence-electron chi connectivity index (χ4n) is 4.50. The minimum Gasteiger partial charge on any atom is -0.494 e. The molecule has 2 N–H and O–H groups in total. The Morgan fingerprint density at radius 1 is 0.694 bits per heavy atom. The molecule has 0 saturated carbocycles. The highest BCUT2D eigenvalue weighted by Crippen LogP contribution is 2.16. The zero-order valence-electron chi connectivity index (χ0n) is 23.4. The number of nitrogens with zero attached hydrogens (tertiary/aromatic N) is 1. The van der Waals surface area contributed by atoms with Gasteiger partial charge in [-0.15, -0.1) is 0 Å². The van der Waals surface area contributed by atoms with Gasteiger partial charge in [0.25, 0.3) is 5.91 Å². The van der Waals surface area contributed by atoms with Crippen LogP contribution in [0.15, 0.2) is 24.3 Å². The zero-order chi connectivity index (χ0) is 26.3. The molecule has 0 aromatic heterocycles. The second-order valence-electron chi connectivity index (χ2n) is 10.6. The molecule has 0 aliphatic carbocycles. The Labute approximate surface area is 221 Å². The van der Waals surface area contributed by atoms with E-state index in [1.807, 2.05) is 12.1 Å². The maximum absolute atomic E-state index is 12.7. The Hall–Kier alpha value is -1.59. The third-order valence-electron chi connectivity index (χ3n) is 6.76. The number of benzene rings is 1. The van der Waals surface area contributed by atoms with Crippen LogP contribution in [0.1, 0.15) is 127 Å². The minimum absolute atomic E-state index is 0.0501. The Kier molecular flexibility index (Phi) is 20.4. The summed E-state index contributed by atoms with van der Waals surface area (Å²) in [7, 11) is 0. The fourth-order valence-corrected chi connectivity index (χ4v) is 4.50.